The quantitative estimate of drug-likeness (QED) is 0.530. The van der Waals surface area contributed by atoms with E-state index in [1.165, 1.54) is 5.56 Å². The summed E-state index contributed by atoms with van der Waals surface area (Å²) in [5, 5.41) is 9.36. The minimum absolute atomic E-state index is 0.0518. The summed E-state index contributed by atoms with van der Waals surface area (Å²) in [5.41, 5.74) is 1.98. The molecule has 2 rings (SSSR count). The van der Waals surface area contributed by atoms with Crippen LogP contribution in [-0.4, -0.2) is 31.5 Å². The first-order chi connectivity index (χ1) is 12.5. The third-order valence-corrected chi connectivity index (χ3v) is 4.04. The van der Waals surface area contributed by atoms with Crippen molar-refractivity contribution in [3.05, 3.63) is 66.2 Å². The number of benzene rings is 2. The number of carbonyl (C=O) groups is 1. The van der Waals surface area contributed by atoms with Crippen molar-refractivity contribution < 1.29 is 4.79 Å². The summed E-state index contributed by atoms with van der Waals surface area (Å²) >= 11 is 0. The third kappa shape index (κ3) is 6.24. The first-order valence-electron chi connectivity index (χ1n) is 8.94. The Bertz CT molecular complexity index is 711. The van der Waals surface area contributed by atoms with E-state index < -0.39 is 0 Å². The Morgan fingerprint density at radius 2 is 1.58 bits per heavy atom. The van der Waals surface area contributed by atoms with Gasteiger partial charge >= 0.3 is 0 Å². The number of hydrogen-bond donors (Lipinski definition) is 3. The van der Waals surface area contributed by atoms with Gasteiger partial charge in [-0.15, -0.1) is 0 Å². The van der Waals surface area contributed by atoms with Crippen molar-refractivity contribution in [1.29, 1.82) is 0 Å². The lowest BCUT2D eigenvalue weighted by atomic mass is 9.85. The highest BCUT2D eigenvalue weighted by Gasteiger charge is 2.20. The summed E-state index contributed by atoms with van der Waals surface area (Å²) in [5.74, 6) is 0.496. The fraction of sp³-hybridized carbons (Fsp3) is 0.333. The zero-order valence-corrected chi connectivity index (χ0v) is 15.8. The molecule has 0 unspecified atom stereocenters. The fourth-order valence-corrected chi connectivity index (χ4v) is 2.51. The number of nitrogens with one attached hydrogen (secondary N) is 3. The lowest BCUT2D eigenvalue weighted by Gasteiger charge is -2.26. The van der Waals surface area contributed by atoms with E-state index in [9.17, 15) is 4.79 Å². The lowest BCUT2D eigenvalue weighted by molar-refractivity contribution is -0.114. The van der Waals surface area contributed by atoms with Crippen LogP contribution in [0.25, 0.3) is 0 Å². The molecule has 0 aromatic heterocycles. The molecule has 0 saturated carbocycles. The average molecular weight is 352 g/mol. The number of rotatable bonds is 7. The molecule has 2 aromatic rings. The van der Waals surface area contributed by atoms with Crippen LogP contribution in [-0.2, 0) is 10.2 Å². The molecule has 1 amide bonds. The summed E-state index contributed by atoms with van der Waals surface area (Å²) < 4.78 is 0. The maximum absolute atomic E-state index is 12.1. The normalized spacial score (nSPS) is 11.7. The van der Waals surface area contributed by atoms with Gasteiger partial charge < -0.3 is 16.0 Å². The fourth-order valence-electron chi connectivity index (χ4n) is 2.51. The predicted molar refractivity (Wildman–Crippen MR) is 109 cm³/mol. The van der Waals surface area contributed by atoms with Gasteiger partial charge in [0.1, 0.15) is 6.54 Å². The second-order valence-electron chi connectivity index (χ2n) is 6.71. The number of amides is 1. The van der Waals surface area contributed by atoms with Gasteiger partial charge in [0.15, 0.2) is 5.96 Å². The van der Waals surface area contributed by atoms with Crippen molar-refractivity contribution in [2.24, 2.45) is 4.99 Å². The Balaban J connectivity index is 1.92. The van der Waals surface area contributed by atoms with Crippen LogP contribution in [0, 0.1) is 0 Å². The molecule has 0 radical (unpaired) electrons. The van der Waals surface area contributed by atoms with E-state index in [4.69, 9.17) is 0 Å². The Morgan fingerprint density at radius 3 is 2.19 bits per heavy atom. The molecule has 138 valence electrons. The lowest BCUT2D eigenvalue weighted by Crippen LogP contribution is -2.43. The molecule has 0 aliphatic heterocycles. The molecule has 5 heteroatoms. The Kier molecular flexibility index (Phi) is 7.21. The summed E-state index contributed by atoms with van der Waals surface area (Å²) in [6.07, 6.45) is 0. The molecular formula is C21H28N4O. The second-order valence-corrected chi connectivity index (χ2v) is 6.71. The molecule has 0 saturated heterocycles. The van der Waals surface area contributed by atoms with Crippen LogP contribution in [0.1, 0.15) is 26.3 Å². The number of hydrogen-bond acceptors (Lipinski definition) is 2. The van der Waals surface area contributed by atoms with Crippen molar-refractivity contribution in [3.63, 3.8) is 0 Å². The Morgan fingerprint density at radius 1 is 0.962 bits per heavy atom. The number of carbonyl (C=O) groups excluding carboxylic acids is 1. The van der Waals surface area contributed by atoms with E-state index >= 15 is 0 Å². The van der Waals surface area contributed by atoms with Crippen molar-refractivity contribution in [1.82, 2.24) is 10.6 Å². The van der Waals surface area contributed by atoms with Crippen LogP contribution in [0.4, 0.5) is 5.69 Å². The molecule has 2 aromatic carbocycles. The van der Waals surface area contributed by atoms with Gasteiger partial charge in [-0.25, -0.2) is 4.99 Å². The van der Waals surface area contributed by atoms with Gasteiger partial charge in [-0.3, -0.25) is 4.79 Å². The van der Waals surface area contributed by atoms with Crippen molar-refractivity contribution in [2.45, 2.75) is 26.2 Å². The SMILES string of the molecule is CCNC(=NCC(=O)Nc1ccccc1)NCC(C)(C)c1ccccc1. The van der Waals surface area contributed by atoms with E-state index in [2.05, 4.69) is 46.9 Å². The molecule has 0 heterocycles. The van der Waals surface area contributed by atoms with Gasteiger partial charge in [0, 0.05) is 24.2 Å². The zero-order valence-electron chi connectivity index (χ0n) is 15.8. The first kappa shape index (κ1) is 19.5. The minimum atomic E-state index is -0.143. The average Bonchev–Trinajstić information content (AvgIpc) is 2.65. The smallest absolute Gasteiger partial charge is 0.246 e. The molecule has 0 aliphatic rings. The maximum Gasteiger partial charge on any atom is 0.246 e. The number of guanidine groups is 1. The van der Waals surface area contributed by atoms with E-state index in [-0.39, 0.29) is 17.9 Å². The van der Waals surface area contributed by atoms with Crippen LogP contribution in [0.5, 0.6) is 0 Å². The number of para-hydroxylation sites is 1. The van der Waals surface area contributed by atoms with Crippen LogP contribution < -0.4 is 16.0 Å². The van der Waals surface area contributed by atoms with E-state index in [0.717, 1.165) is 12.2 Å². The summed E-state index contributed by atoms with van der Waals surface area (Å²) in [7, 11) is 0. The number of anilines is 1. The van der Waals surface area contributed by atoms with Gasteiger partial charge in [0.2, 0.25) is 5.91 Å². The predicted octanol–water partition coefficient (Wildman–Crippen LogP) is 3.16. The molecule has 0 aliphatic carbocycles. The minimum Gasteiger partial charge on any atom is -0.357 e. The van der Waals surface area contributed by atoms with Crippen LogP contribution in [0.2, 0.25) is 0 Å². The molecule has 3 N–H and O–H groups in total. The van der Waals surface area contributed by atoms with Crippen molar-refractivity contribution >= 4 is 17.6 Å². The van der Waals surface area contributed by atoms with Gasteiger partial charge in [0.25, 0.3) is 0 Å². The topological polar surface area (TPSA) is 65.5 Å². The van der Waals surface area contributed by atoms with Gasteiger partial charge in [-0.2, -0.15) is 0 Å². The van der Waals surface area contributed by atoms with Crippen LogP contribution in [0.15, 0.2) is 65.7 Å². The van der Waals surface area contributed by atoms with Gasteiger partial charge in [-0.05, 0) is 24.6 Å². The molecule has 0 spiro atoms. The Labute approximate surface area is 155 Å². The van der Waals surface area contributed by atoms with E-state index in [1.807, 2.05) is 55.5 Å². The van der Waals surface area contributed by atoms with Crippen molar-refractivity contribution in [2.75, 3.05) is 25.0 Å². The number of aliphatic imine (C=N–C) groups is 1. The standard InChI is InChI=1S/C21H28N4O/c1-4-22-20(23-15-19(26)25-18-13-9-6-10-14-18)24-16-21(2,3)17-11-7-5-8-12-17/h5-14H,4,15-16H2,1-3H3,(H,25,26)(H2,22,23,24). The summed E-state index contributed by atoms with van der Waals surface area (Å²) in [4.78, 5) is 16.5. The zero-order chi connectivity index (χ0) is 18.8. The second kappa shape index (κ2) is 9.61. The summed E-state index contributed by atoms with van der Waals surface area (Å²) in [6, 6.07) is 19.7. The molecule has 0 fully saturated rings. The van der Waals surface area contributed by atoms with Crippen LogP contribution >= 0.6 is 0 Å². The van der Waals surface area contributed by atoms with Gasteiger partial charge in [-0.1, -0.05) is 62.4 Å². The monoisotopic (exact) mass is 352 g/mol. The third-order valence-electron chi connectivity index (χ3n) is 4.04. The molecule has 0 bridgehead atoms. The molecule has 26 heavy (non-hydrogen) atoms. The number of nitrogens with zero attached hydrogens (tertiary/aromatic N) is 1. The Hall–Kier alpha value is -2.82. The van der Waals surface area contributed by atoms with E-state index in [1.54, 1.807) is 0 Å². The largest absolute Gasteiger partial charge is 0.357 e. The first-order valence-corrected chi connectivity index (χ1v) is 8.94. The molecule has 0 atom stereocenters. The van der Waals surface area contributed by atoms with Crippen molar-refractivity contribution in [3.8, 4) is 0 Å². The molecular weight excluding hydrogens is 324 g/mol. The highest BCUT2D eigenvalue weighted by molar-refractivity contribution is 5.94. The van der Waals surface area contributed by atoms with Gasteiger partial charge in [0.05, 0.1) is 0 Å². The summed E-state index contributed by atoms with van der Waals surface area (Å²) in [6.45, 7) is 7.88. The highest BCUT2D eigenvalue weighted by Crippen LogP contribution is 2.21. The van der Waals surface area contributed by atoms with Crippen LogP contribution in [0.3, 0.4) is 0 Å². The highest BCUT2D eigenvalue weighted by atomic mass is 16.1. The molecule has 5 nitrogen and oxygen atoms in total. The van der Waals surface area contributed by atoms with E-state index in [0.29, 0.717) is 12.5 Å². The maximum atomic E-state index is 12.1.